The molecule has 2 rings (SSSR count). The monoisotopic (exact) mass is 287 g/mol. The Morgan fingerprint density at radius 2 is 2.00 bits per heavy atom. The number of aryl methyl sites for hydroxylation is 1. The molecule has 0 aromatic carbocycles. The number of carboxylic acids is 1. The number of aromatic carboxylic acids is 1. The third kappa shape index (κ3) is 3.14. The molecule has 0 atom stereocenters. The molecular weight excluding hydrogens is 274 g/mol. The first-order valence-electron chi connectivity index (χ1n) is 6.06. The Morgan fingerprint density at radius 1 is 1.29 bits per heavy atom. The third-order valence-corrected chi connectivity index (χ3v) is 2.88. The van der Waals surface area contributed by atoms with E-state index >= 15 is 0 Å². The van der Waals surface area contributed by atoms with Crippen molar-refractivity contribution in [1.29, 1.82) is 0 Å². The summed E-state index contributed by atoms with van der Waals surface area (Å²) in [5, 5.41) is 11.4. The van der Waals surface area contributed by atoms with E-state index in [4.69, 9.17) is 5.11 Å². The standard InChI is InChI=1S/C14H13N3O4/c1-8(18)9-5-12(17(2)7-9)13(19)16-10-3-4-15-11(6-10)14(20)21/h3-7H,1-2H3,(H,20,21)(H,15,16,19). The molecule has 2 heterocycles. The van der Waals surface area contributed by atoms with Gasteiger partial charge in [-0.3, -0.25) is 9.59 Å². The van der Waals surface area contributed by atoms with Gasteiger partial charge in [-0.05, 0) is 25.1 Å². The van der Waals surface area contributed by atoms with Gasteiger partial charge in [-0.25, -0.2) is 9.78 Å². The number of carboxylic acid groups (broad SMARTS) is 1. The number of anilines is 1. The molecule has 0 aliphatic carbocycles. The number of carbonyl (C=O) groups is 3. The van der Waals surface area contributed by atoms with Gasteiger partial charge in [0, 0.05) is 30.7 Å². The molecule has 0 aliphatic heterocycles. The number of Topliss-reactive ketones (excluding diaryl/α,β-unsaturated/α-hetero) is 1. The van der Waals surface area contributed by atoms with E-state index < -0.39 is 11.9 Å². The van der Waals surface area contributed by atoms with Crippen LogP contribution in [0.15, 0.2) is 30.6 Å². The quantitative estimate of drug-likeness (QED) is 0.831. The zero-order valence-electron chi connectivity index (χ0n) is 11.5. The molecule has 0 fully saturated rings. The number of nitrogens with zero attached hydrogens (tertiary/aromatic N) is 2. The Bertz CT molecular complexity index is 734. The summed E-state index contributed by atoms with van der Waals surface area (Å²) in [7, 11) is 1.65. The minimum atomic E-state index is -1.18. The third-order valence-electron chi connectivity index (χ3n) is 2.88. The van der Waals surface area contributed by atoms with E-state index in [-0.39, 0.29) is 11.5 Å². The van der Waals surface area contributed by atoms with E-state index in [2.05, 4.69) is 10.3 Å². The van der Waals surface area contributed by atoms with Crippen molar-refractivity contribution in [2.24, 2.45) is 7.05 Å². The van der Waals surface area contributed by atoms with Crippen molar-refractivity contribution in [2.45, 2.75) is 6.92 Å². The number of nitrogens with one attached hydrogen (secondary N) is 1. The van der Waals surface area contributed by atoms with E-state index in [1.807, 2.05) is 0 Å². The highest BCUT2D eigenvalue weighted by Gasteiger charge is 2.14. The number of hydrogen-bond donors (Lipinski definition) is 2. The molecule has 0 saturated carbocycles. The highest BCUT2D eigenvalue weighted by atomic mass is 16.4. The Hall–Kier alpha value is -2.96. The number of hydrogen-bond acceptors (Lipinski definition) is 4. The predicted octanol–water partition coefficient (Wildman–Crippen LogP) is 1.57. The number of aromatic nitrogens is 2. The molecule has 0 radical (unpaired) electrons. The van der Waals surface area contributed by atoms with Gasteiger partial charge in [-0.15, -0.1) is 0 Å². The van der Waals surface area contributed by atoms with Gasteiger partial charge in [0.2, 0.25) is 0 Å². The van der Waals surface area contributed by atoms with Gasteiger partial charge in [-0.2, -0.15) is 0 Å². The summed E-state index contributed by atoms with van der Waals surface area (Å²) in [4.78, 5) is 37.9. The topological polar surface area (TPSA) is 101 Å². The Morgan fingerprint density at radius 3 is 2.57 bits per heavy atom. The van der Waals surface area contributed by atoms with Gasteiger partial charge in [0.05, 0.1) is 0 Å². The first-order chi connectivity index (χ1) is 9.88. The van der Waals surface area contributed by atoms with Crippen LogP contribution in [-0.2, 0) is 7.05 Å². The van der Waals surface area contributed by atoms with Gasteiger partial charge in [0.1, 0.15) is 11.4 Å². The van der Waals surface area contributed by atoms with Gasteiger partial charge in [-0.1, -0.05) is 0 Å². The number of rotatable bonds is 4. The number of pyridine rings is 1. The van der Waals surface area contributed by atoms with Crippen LogP contribution in [0.3, 0.4) is 0 Å². The van der Waals surface area contributed by atoms with Crippen LogP contribution in [0.5, 0.6) is 0 Å². The maximum Gasteiger partial charge on any atom is 0.354 e. The second kappa shape index (κ2) is 5.58. The maximum absolute atomic E-state index is 12.1. The first kappa shape index (κ1) is 14.4. The van der Waals surface area contributed by atoms with Crippen LogP contribution in [0.25, 0.3) is 0 Å². The van der Waals surface area contributed by atoms with Gasteiger partial charge in [0.15, 0.2) is 5.78 Å². The molecule has 7 nitrogen and oxygen atoms in total. The molecule has 0 aliphatic rings. The summed E-state index contributed by atoms with van der Waals surface area (Å²) in [5.41, 5.74) is 0.888. The van der Waals surface area contributed by atoms with Crippen molar-refractivity contribution in [3.63, 3.8) is 0 Å². The van der Waals surface area contributed by atoms with Crippen LogP contribution in [-0.4, -0.2) is 32.3 Å². The SMILES string of the molecule is CC(=O)c1cc(C(=O)Nc2ccnc(C(=O)O)c2)n(C)c1. The zero-order chi connectivity index (χ0) is 15.6. The van der Waals surface area contributed by atoms with E-state index in [1.54, 1.807) is 13.2 Å². The summed E-state index contributed by atoms with van der Waals surface area (Å²) in [6.45, 7) is 1.42. The normalized spacial score (nSPS) is 10.2. The Labute approximate surface area is 120 Å². The molecule has 2 aromatic rings. The molecule has 0 unspecified atom stereocenters. The molecule has 2 aromatic heterocycles. The second-order valence-electron chi connectivity index (χ2n) is 4.47. The Balaban J connectivity index is 2.24. The van der Waals surface area contributed by atoms with E-state index in [0.29, 0.717) is 16.9 Å². The predicted molar refractivity (Wildman–Crippen MR) is 74.6 cm³/mol. The lowest BCUT2D eigenvalue weighted by Crippen LogP contribution is -2.15. The fourth-order valence-electron chi connectivity index (χ4n) is 1.80. The number of ketones is 1. The molecule has 1 amide bonds. The summed E-state index contributed by atoms with van der Waals surface area (Å²) in [6, 6.07) is 4.23. The number of amides is 1. The van der Waals surface area contributed by atoms with Crippen LogP contribution >= 0.6 is 0 Å². The summed E-state index contributed by atoms with van der Waals surface area (Å²) < 4.78 is 1.53. The van der Waals surface area contributed by atoms with E-state index in [1.165, 1.54) is 35.9 Å². The highest BCUT2D eigenvalue weighted by Crippen LogP contribution is 2.13. The van der Waals surface area contributed by atoms with Crippen LogP contribution in [0.4, 0.5) is 5.69 Å². The maximum atomic E-state index is 12.1. The van der Waals surface area contributed by atoms with Gasteiger partial charge in [0.25, 0.3) is 5.91 Å². The lowest BCUT2D eigenvalue weighted by atomic mass is 10.2. The summed E-state index contributed by atoms with van der Waals surface area (Å²) >= 11 is 0. The van der Waals surface area contributed by atoms with Crippen molar-refractivity contribution < 1.29 is 19.5 Å². The molecule has 7 heteroatoms. The molecular formula is C14H13N3O4. The van der Waals surface area contributed by atoms with Crippen molar-refractivity contribution in [3.8, 4) is 0 Å². The van der Waals surface area contributed by atoms with Gasteiger partial charge >= 0.3 is 5.97 Å². The van der Waals surface area contributed by atoms with Crippen molar-refractivity contribution >= 4 is 23.3 Å². The van der Waals surface area contributed by atoms with E-state index in [9.17, 15) is 14.4 Å². The number of carbonyl (C=O) groups excluding carboxylic acids is 2. The fraction of sp³-hybridized carbons (Fsp3) is 0.143. The molecule has 0 saturated heterocycles. The van der Waals surface area contributed by atoms with E-state index in [0.717, 1.165) is 0 Å². The zero-order valence-corrected chi connectivity index (χ0v) is 11.5. The lowest BCUT2D eigenvalue weighted by Gasteiger charge is -2.06. The molecule has 21 heavy (non-hydrogen) atoms. The minimum Gasteiger partial charge on any atom is -0.477 e. The summed E-state index contributed by atoms with van der Waals surface area (Å²) in [6.07, 6.45) is 2.86. The van der Waals surface area contributed by atoms with Crippen LogP contribution in [0.1, 0.15) is 38.3 Å². The van der Waals surface area contributed by atoms with Gasteiger partial charge < -0.3 is 15.0 Å². The highest BCUT2D eigenvalue weighted by molar-refractivity contribution is 6.05. The average molecular weight is 287 g/mol. The van der Waals surface area contributed by atoms with Crippen LogP contribution in [0.2, 0.25) is 0 Å². The van der Waals surface area contributed by atoms with Crippen LogP contribution in [0, 0.1) is 0 Å². The van der Waals surface area contributed by atoms with Crippen molar-refractivity contribution in [3.05, 3.63) is 47.5 Å². The lowest BCUT2D eigenvalue weighted by molar-refractivity contribution is 0.0690. The smallest absolute Gasteiger partial charge is 0.354 e. The molecule has 0 spiro atoms. The minimum absolute atomic E-state index is 0.137. The molecule has 108 valence electrons. The molecule has 2 N–H and O–H groups in total. The van der Waals surface area contributed by atoms with Crippen molar-refractivity contribution in [2.75, 3.05) is 5.32 Å². The summed E-state index contributed by atoms with van der Waals surface area (Å²) in [5.74, 6) is -1.75. The average Bonchev–Trinajstić information content (AvgIpc) is 2.81. The second-order valence-corrected chi connectivity index (χ2v) is 4.47. The molecule has 0 bridgehead atoms. The van der Waals surface area contributed by atoms with Crippen molar-refractivity contribution in [1.82, 2.24) is 9.55 Å². The van der Waals surface area contributed by atoms with Crippen LogP contribution < -0.4 is 5.32 Å². The largest absolute Gasteiger partial charge is 0.477 e. The first-order valence-corrected chi connectivity index (χ1v) is 6.06. The fourth-order valence-corrected chi connectivity index (χ4v) is 1.80. The Kier molecular flexibility index (Phi) is 3.84.